The van der Waals surface area contributed by atoms with E-state index in [0.717, 1.165) is 5.56 Å². The van der Waals surface area contributed by atoms with Crippen molar-refractivity contribution in [2.45, 2.75) is 26.2 Å². The number of anilines is 1. The van der Waals surface area contributed by atoms with Crippen LogP contribution in [0, 0.1) is 0 Å². The summed E-state index contributed by atoms with van der Waals surface area (Å²) in [6, 6.07) is 16.8. The average molecular weight is 350 g/mol. The van der Waals surface area contributed by atoms with Crippen molar-refractivity contribution in [3.05, 3.63) is 60.2 Å². The lowest BCUT2D eigenvalue weighted by Crippen LogP contribution is -2.20. The van der Waals surface area contributed by atoms with Gasteiger partial charge in [0.05, 0.1) is 0 Å². The normalized spacial score (nSPS) is 10.4. The molecule has 3 nitrogen and oxygen atoms in total. The smallest absolute Gasteiger partial charge is 0.410 e. The standard InChI is InChI=1S/C17H19NO2.BrH/c1-17(2,3)14-11-7-8-12-15(14)20-16(19)18-13-9-5-4-6-10-13;/h4-12H,1-3H3,(H,18,19);1H. The topological polar surface area (TPSA) is 38.3 Å². The Kier molecular flexibility index (Phi) is 5.97. The number of carbonyl (C=O) groups excluding carboxylic acids is 1. The van der Waals surface area contributed by atoms with Crippen LogP contribution in [0.15, 0.2) is 54.6 Å². The minimum atomic E-state index is -0.479. The van der Waals surface area contributed by atoms with Gasteiger partial charge >= 0.3 is 6.09 Å². The minimum Gasteiger partial charge on any atom is -0.410 e. The summed E-state index contributed by atoms with van der Waals surface area (Å²) in [7, 11) is 0. The van der Waals surface area contributed by atoms with Crippen LogP contribution in [0.4, 0.5) is 10.5 Å². The maximum Gasteiger partial charge on any atom is 0.417 e. The summed E-state index contributed by atoms with van der Waals surface area (Å²) in [6.07, 6.45) is -0.479. The third kappa shape index (κ3) is 4.90. The molecular weight excluding hydrogens is 330 g/mol. The molecule has 1 N–H and O–H groups in total. The summed E-state index contributed by atoms with van der Waals surface area (Å²) < 4.78 is 5.43. The third-order valence-corrected chi connectivity index (χ3v) is 2.92. The van der Waals surface area contributed by atoms with Crippen LogP contribution in [0.5, 0.6) is 5.75 Å². The van der Waals surface area contributed by atoms with Crippen molar-refractivity contribution in [2.75, 3.05) is 5.32 Å². The molecule has 21 heavy (non-hydrogen) atoms. The number of hydrogen-bond donors (Lipinski definition) is 1. The van der Waals surface area contributed by atoms with Gasteiger partial charge in [0.1, 0.15) is 5.75 Å². The molecule has 0 aliphatic heterocycles. The first-order valence-electron chi connectivity index (χ1n) is 6.60. The van der Waals surface area contributed by atoms with Crippen LogP contribution in [-0.4, -0.2) is 6.09 Å². The number of hydrogen-bond acceptors (Lipinski definition) is 2. The van der Waals surface area contributed by atoms with Crippen LogP contribution in [0.25, 0.3) is 0 Å². The van der Waals surface area contributed by atoms with Gasteiger partial charge in [0.25, 0.3) is 0 Å². The first-order chi connectivity index (χ1) is 9.47. The van der Waals surface area contributed by atoms with Crippen molar-refractivity contribution in [1.29, 1.82) is 0 Å². The molecule has 112 valence electrons. The van der Waals surface area contributed by atoms with Gasteiger partial charge in [0.15, 0.2) is 0 Å². The summed E-state index contributed by atoms with van der Waals surface area (Å²) in [5.74, 6) is 0.591. The first kappa shape index (κ1) is 17.2. The Morgan fingerprint density at radius 2 is 1.52 bits per heavy atom. The summed E-state index contributed by atoms with van der Waals surface area (Å²) >= 11 is 0. The van der Waals surface area contributed by atoms with Gasteiger partial charge in [-0.25, -0.2) is 4.79 Å². The molecule has 1 amide bonds. The number of benzene rings is 2. The molecule has 0 aliphatic carbocycles. The Bertz CT molecular complexity index is 591. The van der Waals surface area contributed by atoms with Crippen molar-refractivity contribution >= 4 is 28.8 Å². The van der Waals surface area contributed by atoms with Crippen LogP contribution in [-0.2, 0) is 5.41 Å². The second-order valence-corrected chi connectivity index (χ2v) is 5.63. The maximum absolute atomic E-state index is 11.9. The van der Waals surface area contributed by atoms with Crippen molar-refractivity contribution in [3.8, 4) is 5.75 Å². The molecule has 4 heteroatoms. The highest BCUT2D eigenvalue weighted by molar-refractivity contribution is 8.93. The van der Waals surface area contributed by atoms with Crippen molar-refractivity contribution in [2.24, 2.45) is 0 Å². The number of rotatable bonds is 2. The molecule has 0 saturated heterocycles. The molecule has 0 saturated carbocycles. The Morgan fingerprint density at radius 3 is 2.14 bits per heavy atom. The van der Waals surface area contributed by atoms with Crippen LogP contribution in [0.1, 0.15) is 26.3 Å². The van der Waals surface area contributed by atoms with E-state index in [-0.39, 0.29) is 22.4 Å². The van der Waals surface area contributed by atoms with E-state index in [1.54, 1.807) is 0 Å². The molecule has 0 aliphatic rings. The predicted octanol–water partition coefficient (Wildman–Crippen LogP) is 5.17. The summed E-state index contributed by atoms with van der Waals surface area (Å²) in [6.45, 7) is 6.26. The SMILES string of the molecule is Br.CC(C)(C)c1ccccc1OC(=O)Nc1ccccc1. The van der Waals surface area contributed by atoms with E-state index in [1.807, 2.05) is 54.6 Å². The molecule has 0 radical (unpaired) electrons. The van der Waals surface area contributed by atoms with Crippen LogP contribution in [0.2, 0.25) is 0 Å². The predicted molar refractivity (Wildman–Crippen MR) is 91.6 cm³/mol. The zero-order chi connectivity index (χ0) is 14.6. The molecule has 0 unspecified atom stereocenters. The van der Waals surface area contributed by atoms with Gasteiger partial charge in [-0.2, -0.15) is 0 Å². The third-order valence-electron chi connectivity index (χ3n) is 2.92. The lowest BCUT2D eigenvalue weighted by atomic mass is 9.86. The molecule has 0 atom stereocenters. The fourth-order valence-corrected chi connectivity index (χ4v) is 1.94. The number of para-hydroxylation sites is 2. The largest absolute Gasteiger partial charge is 0.417 e. The van der Waals surface area contributed by atoms with Gasteiger partial charge in [0.2, 0.25) is 0 Å². The number of nitrogens with one attached hydrogen (secondary N) is 1. The summed E-state index contributed by atoms with van der Waals surface area (Å²) in [5.41, 5.74) is 1.64. The van der Waals surface area contributed by atoms with Crippen molar-refractivity contribution in [1.82, 2.24) is 0 Å². The van der Waals surface area contributed by atoms with Crippen molar-refractivity contribution < 1.29 is 9.53 Å². The zero-order valence-corrected chi connectivity index (χ0v) is 14.1. The summed E-state index contributed by atoms with van der Waals surface area (Å²) in [5, 5.41) is 2.71. The number of amides is 1. The molecule has 0 spiro atoms. The lowest BCUT2D eigenvalue weighted by Gasteiger charge is -2.22. The molecule has 2 aromatic carbocycles. The highest BCUT2D eigenvalue weighted by Crippen LogP contribution is 2.31. The van der Waals surface area contributed by atoms with Gasteiger partial charge in [-0.15, -0.1) is 17.0 Å². The van der Waals surface area contributed by atoms with E-state index in [4.69, 9.17) is 4.74 Å². The molecule has 2 aromatic rings. The van der Waals surface area contributed by atoms with Crippen molar-refractivity contribution in [3.63, 3.8) is 0 Å². The lowest BCUT2D eigenvalue weighted by molar-refractivity contribution is 0.214. The average Bonchev–Trinajstić information content (AvgIpc) is 2.39. The fourth-order valence-electron chi connectivity index (χ4n) is 1.94. The molecule has 2 rings (SSSR count). The monoisotopic (exact) mass is 349 g/mol. The van der Waals surface area contributed by atoms with Gasteiger partial charge < -0.3 is 4.74 Å². The van der Waals surface area contributed by atoms with E-state index in [0.29, 0.717) is 11.4 Å². The Labute approximate surface area is 136 Å². The van der Waals surface area contributed by atoms with Crippen LogP contribution < -0.4 is 10.1 Å². The molecule has 0 fully saturated rings. The van der Waals surface area contributed by atoms with E-state index >= 15 is 0 Å². The molecule has 0 bridgehead atoms. The Morgan fingerprint density at radius 1 is 0.952 bits per heavy atom. The minimum absolute atomic E-state index is 0. The van der Waals surface area contributed by atoms with E-state index < -0.39 is 6.09 Å². The van der Waals surface area contributed by atoms with E-state index in [1.165, 1.54) is 0 Å². The van der Waals surface area contributed by atoms with Gasteiger partial charge in [-0.1, -0.05) is 57.2 Å². The Hall–Kier alpha value is -1.81. The second-order valence-electron chi connectivity index (χ2n) is 5.63. The molecule has 0 heterocycles. The zero-order valence-electron chi connectivity index (χ0n) is 12.4. The molecular formula is C17H20BrNO2. The quantitative estimate of drug-likeness (QED) is 0.811. The van der Waals surface area contributed by atoms with E-state index in [2.05, 4.69) is 26.1 Å². The second kappa shape index (κ2) is 7.27. The van der Waals surface area contributed by atoms with Crippen LogP contribution >= 0.6 is 17.0 Å². The van der Waals surface area contributed by atoms with E-state index in [9.17, 15) is 4.79 Å². The van der Waals surface area contributed by atoms with Gasteiger partial charge in [-0.05, 0) is 23.6 Å². The first-order valence-corrected chi connectivity index (χ1v) is 6.60. The molecule has 0 aromatic heterocycles. The fraction of sp³-hybridized carbons (Fsp3) is 0.235. The number of halogens is 1. The van der Waals surface area contributed by atoms with Gasteiger partial charge in [-0.3, -0.25) is 5.32 Å². The Balaban J connectivity index is 0.00000220. The van der Waals surface area contributed by atoms with Gasteiger partial charge in [0, 0.05) is 11.3 Å². The highest BCUT2D eigenvalue weighted by atomic mass is 79.9. The maximum atomic E-state index is 11.9. The summed E-state index contributed by atoms with van der Waals surface area (Å²) in [4.78, 5) is 11.9. The number of carbonyl (C=O) groups is 1. The highest BCUT2D eigenvalue weighted by Gasteiger charge is 2.19. The van der Waals surface area contributed by atoms with Crippen LogP contribution in [0.3, 0.4) is 0 Å². The number of ether oxygens (including phenoxy) is 1.